The zero-order chi connectivity index (χ0) is 12.9. The van der Waals surface area contributed by atoms with Crippen molar-refractivity contribution >= 4 is 15.9 Å². The predicted octanol–water partition coefficient (Wildman–Crippen LogP) is 1.54. The van der Waals surface area contributed by atoms with Gasteiger partial charge in [0, 0.05) is 19.5 Å². The summed E-state index contributed by atoms with van der Waals surface area (Å²) in [7, 11) is 1.80. The van der Waals surface area contributed by atoms with E-state index in [1.807, 2.05) is 10.7 Å². The molecule has 0 atom stereocenters. The van der Waals surface area contributed by atoms with Gasteiger partial charge in [-0.1, -0.05) is 0 Å². The normalized spacial score (nSPS) is 16.7. The number of aryl methyl sites for hydroxylation is 1. The van der Waals surface area contributed by atoms with Crippen molar-refractivity contribution in [2.24, 2.45) is 7.05 Å². The maximum atomic E-state index is 5.80. The third kappa shape index (κ3) is 2.03. The van der Waals surface area contributed by atoms with E-state index < -0.39 is 0 Å². The molecule has 2 aromatic heterocycles. The molecular weight excluding hydrogens is 298 g/mol. The molecule has 7 heteroatoms. The molecule has 0 aliphatic carbocycles. The molecule has 18 heavy (non-hydrogen) atoms. The number of nitrogens with zero attached hydrogens (tertiary/aromatic N) is 5. The Labute approximate surface area is 113 Å². The number of hydrogen-bond donors (Lipinski definition) is 0. The van der Waals surface area contributed by atoms with Crippen molar-refractivity contribution < 1.29 is 4.74 Å². The van der Waals surface area contributed by atoms with Crippen molar-refractivity contribution in [2.75, 3.05) is 0 Å². The number of ether oxygens (including phenoxy) is 1. The van der Waals surface area contributed by atoms with Crippen LogP contribution < -0.4 is 4.74 Å². The molecule has 0 fully saturated rings. The van der Waals surface area contributed by atoms with Crippen LogP contribution in [0.5, 0.6) is 5.88 Å². The fourth-order valence-corrected chi connectivity index (χ4v) is 2.56. The summed E-state index contributed by atoms with van der Waals surface area (Å²) in [6, 6.07) is 1.97. The van der Waals surface area contributed by atoms with Crippen molar-refractivity contribution in [2.45, 2.75) is 32.4 Å². The summed E-state index contributed by atoms with van der Waals surface area (Å²) in [5.74, 6) is 0.829. The van der Waals surface area contributed by atoms with Crippen LogP contribution in [0.15, 0.2) is 10.7 Å². The van der Waals surface area contributed by atoms with Crippen molar-refractivity contribution in [3.63, 3.8) is 0 Å². The zero-order valence-corrected chi connectivity index (χ0v) is 12.1. The fraction of sp³-hybridized carbons (Fsp3) is 0.545. The number of halogens is 1. The molecule has 1 aliphatic heterocycles. The molecule has 3 heterocycles. The molecule has 0 radical (unpaired) electrons. The smallest absolute Gasteiger partial charge is 0.212 e. The molecule has 0 N–H and O–H groups in total. The van der Waals surface area contributed by atoms with Crippen LogP contribution in [0.25, 0.3) is 0 Å². The lowest BCUT2D eigenvalue weighted by Crippen LogP contribution is -2.26. The van der Waals surface area contributed by atoms with E-state index in [1.54, 1.807) is 11.8 Å². The maximum absolute atomic E-state index is 5.80. The van der Waals surface area contributed by atoms with Crippen LogP contribution in [-0.2, 0) is 20.0 Å². The van der Waals surface area contributed by atoms with Gasteiger partial charge in [-0.05, 0) is 29.8 Å². The SMILES string of the molecule is Cn1nc(Br)c(Cc2cc3n(n2)CC(C)(C)O3)n1. The van der Waals surface area contributed by atoms with Gasteiger partial charge in [-0.3, -0.25) is 0 Å². The number of rotatable bonds is 2. The molecule has 0 saturated carbocycles. The Morgan fingerprint density at radius 1 is 1.39 bits per heavy atom. The first-order valence-electron chi connectivity index (χ1n) is 5.74. The molecule has 0 saturated heterocycles. The Balaban J connectivity index is 1.82. The van der Waals surface area contributed by atoms with Crippen LogP contribution >= 0.6 is 15.9 Å². The highest BCUT2D eigenvalue weighted by Gasteiger charge is 2.31. The number of hydrogen-bond acceptors (Lipinski definition) is 4. The number of fused-ring (bicyclic) bond motifs is 1. The van der Waals surface area contributed by atoms with Gasteiger partial charge in [0.15, 0.2) is 4.60 Å². The third-order valence-corrected chi connectivity index (χ3v) is 3.41. The Hall–Kier alpha value is -1.37. The molecule has 0 amide bonds. The molecule has 0 aromatic carbocycles. The van der Waals surface area contributed by atoms with Gasteiger partial charge in [-0.25, -0.2) is 4.68 Å². The summed E-state index contributed by atoms with van der Waals surface area (Å²) < 4.78 is 8.46. The Bertz CT molecular complexity index is 575. The van der Waals surface area contributed by atoms with Crippen LogP contribution in [0, 0.1) is 0 Å². The zero-order valence-electron chi connectivity index (χ0n) is 10.5. The van der Waals surface area contributed by atoms with Gasteiger partial charge >= 0.3 is 0 Å². The second-order valence-electron chi connectivity index (χ2n) is 5.10. The largest absolute Gasteiger partial charge is 0.470 e. The number of aromatic nitrogens is 5. The molecule has 0 spiro atoms. The lowest BCUT2D eigenvalue weighted by atomic mass is 10.1. The van der Waals surface area contributed by atoms with Crippen LogP contribution in [-0.4, -0.2) is 30.4 Å². The van der Waals surface area contributed by atoms with Gasteiger partial charge < -0.3 is 4.74 Å². The van der Waals surface area contributed by atoms with E-state index >= 15 is 0 Å². The van der Waals surface area contributed by atoms with E-state index in [9.17, 15) is 0 Å². The van der Waals surface area contributed by atoms with Gasteiger partial charge in [-0.15, -0.1) is 5.10 Å². The van der Waals surface area contributed by atoms with Crippen molar-refractivity contribution in [1.29, 1.82) is 0 Å². The fourth-order valence-electron chi connectivity index (χ4n) is 2.11. The average Bonchev–Trinajstić information content (AvgIpc) is 2.78. The summed E-state index contributed by atoms with van der Waals surface area (Å²) in [5.41, 5.74) is 1.67. The monoisotopic (exact) mass is 311 g/mol. The maximum Gasteiger partial charge on any atom is 0.212 e. The summed E-state index contributed by atoms with van der Waals surface area (Å²) in [6.45, 7) is 4.89. The molecule has 2 aromatic rings. The van der Waals surface area contributed by atoms with E-state index in [-0.39, 0.29) is 5.60 Å². The molecule has 1 aliphatic rings. The highest BCUT2D eigenvalue weighted by molar-refractivity contribution is 9.10. The lowest BCUT2D eigenvalue weighted by molar-refractivity contribution is 0.135. The second-order valence-corrected chi connectivity index (χ2v) is 5.85. The first-order valence-corrected chi connectivity index (χ1v) is 6.54. The quantitative estimate of drug-likeness (QED) is 0.844. The first kappa shape index (κ1) is 11.7. The van der Waals surface area contributed by atoms with E-state index in [4.69, 9.17) is 4.74 Å². The average molecular weight is 312 g/mol. The molecule has 0 unspecified atom stereocenters. The second kappa shape index (κ2) is 3.81. The minimum absolute atomic E-state index is 0.159. The van der Waals surface area contributed by atoms with Gasteiger partial charge in [0.2, 0.25) is 5.88 Å². The minimum atomic E-state index is -0.159. The summed E-state index contributed by atoms with van der Waals surface area (Å²) in [5, 5.41) is 13.0. The molecular formula is C11H14BrN5O. The van der Waals surface area contributed by atoms with Crippen LogP contribution in [0.1, 0.15) is 25.2 Å². The van der Waals surface area contributed by atoms with E-state index in [0.29, 0.717) is 6.42 Å². The van der Waals surface area contributed by atoms with E-state index in [0.717, 1.165) is 28.4 Å². The Morgan fingerprint density at radius 3 is 2.78 bits per heavy atom. The van der Waals surface area contributed by atoms with Crippen LogP contribution in [0.4, 0.5) is 0 Å². The summed E-state index contributed by atoms with van der Waals surface area (Å²) >= 11 is 3.39. The summed E-state index contributed by atoms with van der Waals surface area (Å²) in [6.07, 6.45) is 0.651. The van der Waals surface area contributed by atoms with Gasteiger partial charge in [0.25, 0.3) is 0 Å². The highest BCUT2D eigenvalue weighted by Crippen LogP contribution is 2.29. The summed E-state index contributed by atoms with van der Waals surface area (Å²) in [4.78, 5) is 1.54. The highest BCUT2D eigenvalue weighted by atomic mass is 79.9. The van der Waals surface area contributed by atoms with Crippen LogP contribution in [0.2, 0.25) is 0 Å². The molecule has 0 bridgehead atoms. The first-order chi connectivity index (χ1) is 8.43. The standard InChI is InChI=1S/C11H14BrN5O/c1-11(2)6-17-9(18-11)5-7(13-17)4-8-10(12)15-16(3)14-8/h5H,4,6H2,1-3H3. The minimum Gasteiger partial charge on any atom is -0.470 e. The van der Waals surface area contributed by atoms with Crippen molar-refractivity contribution in [3.8, 4) is 5.88 Å². The molecule has 96 valence electrons. The van der Waals surface area contributed by atoms with E-state index in [1.165, 1.54) is 0 Å². The van der Waals surface area contributed by atoms with Gasteiger partial charge in [-0.2, -0.15) is 15.0 Å². The molecule has 6 nitrogen and oxygen atoms in total. The Morgan fingerprint density at radius 2 is 2.17 bits per heavy atom. The molecule has 3 rings (SSSR count). The van der Waals surface area contributed by atoms with Crippen LogP contribution in [0.3, 0.4) is 0 Å². The lowest BCUT2D eigenvalue weighted by Gasteiger charge is -2.15. The van der Waals surface area contributed by atoms with E-state index in [2.05, 4.69) is 45.1 Å². The van der Waals surface area contributed by atoms with Crippen molar-refractivity contribution in [1.82, 2.24) is 24.8 Å². The predicted molar refractivity (Wildman–Crippen MR) is 68.4 cm³/mol. The van der Waals surface area contributed by atoms with Gasteiger partial charge in [0.05, 0.1) is 12.2 Å². The Kier molecular flexibility index (Phi) is 2.48. The third-order valence-electron chi connectivity index (χ3n) is 2.79. The van der Waals surface area contributed by atoms with Gasteiger partial charge in [0.1, 0.15) is 11.3 Å². The topological polar surface area (TPSA) is 57.8 Å². The van der Waals surface area contributed by atoms with Crippen molar-refractivity contribution in [3.05, 3.63) is 22.1 Å².